The predicted molar refractivity (Wildman–Crippen MR) is 142 cm³/mol. The molecule has 1 spiro atoms. The van der Waals surface area contributed by atoms with Crippen LogP contribution in [0.15, 0.2) is 55.0 Å². The maximum absolute atomic E-state index is 13.7. The van der Waals surface area contributed by atoms with Crippen LogP contribution in [0.25, 0.3) is 16.9 Å². The van der Waals surface area contributed by atoms with Gasteiger partial charge in [-0.25, -0.2) is 14.4 Å². The second kappa shape index (κ2) is 9.07. The Kier molecular flexibility index (Phi) is 5.52. The number of piperidine rings is 1. The van der Waals surface area contributed by atoms with Gasteiger partial charge in [-0.2, -0.15) is 0 Å². The number of nitrogens with zero attached hydrogens (tertiary/aromatic N) is 4. The fourth-order valence-electron chi connectivity index (χ4n) is 5.92. The first-order chi connectivity index (χ1) is 18.6. The molecule has 1 unspecified atom stereocenters. The topological polar surface area (TPSA) is 95.8 Å². The van der Waals surface area contributed by atoms with Gasteiger partial charge in [0.15, 0.2) is 0 Å². The molecule has 6 heterocycles. The van der Waals surface area contributed by atoms with Crippen LogP contribution < -0.4 is 20.9 Å². The molecule has 3 aliphatic rings. The number of pyridine rings is 2. The fourth-order valence-corrected chi connectivity index (χ4v) is 5.92. The molecule has 1 atom stereocenters. The van der Waals surface area contributed by atoms with Crippen molar-refractivity contribution in [3.05, 3.63) is 71.9 Å². The van der Waals surface area contributed by atoms with Crippen LogP contribution in [0, 0.1) is 5.82 Å². The van der Waals surface area contributed by atoms with Crippen molar-refractivity contribution >= 4 is 28.7 Å². The number of aromatic nitrogens is 3. The van der Waals surface area contributed by atoms with E-state index in [-0.39, 0.29) is 17.3 Å². The van der Waals surface area contributed by atoms with Crippen LogP contribution in [-0.2, 0) is 11.3 Å². The molecule has 3 aliphatic heterocycles. The summed E-state index contributed by atoms with van der Waals surface area (Å²) < 4.78 is 21.7. The number of carbonyl (C=O) groups is 1. The third-order valence-electron chi connectivity index (χ3n) is 7.77. The fraction of sp³-hybridized carbons (Fsp3) is 0.321. The molecule has 9 nitrogen and oxygen atoms in total. The molecule has 4 aromatic rings. The Labute approximate surface area is 219 Å². The Morgan fingerprint density at radius 2 is 2.08 bits per heavy atom. The van der Waals surface area contributed by atoms with E-state index >= 15 is 0 Å². The Balaban J connectivity index is 1.15. The summed E-state index contributed by atoms with van der Waals surface area (Å²) in [7, 11) is 0. The summed E-state index contributed by atoms with van der Waals surface area (Å²) in [5.41, 5.74) is 5.29. The number of hydrogen-bond acceptors (Lipinski definition) is 7. The predicted octanol–water partition coefficient (Wildman–Crippen LogP) is 3.48. The third kappa shape index (κ3) is 3.97. The summed E-state index contributed by atoms with van der Waals surface area (Å²) >= 11 is 0. The van der Waals surface area contributed by atoms with Gasteiger partial charge in [0.05, 0.1) is 47.2 Å². The van der Waals surface area contributed by atoms with E-state index < -0.39 is 0 Å². The second-order valence-corrected chi connectivity index (χ2v) is 10.2. The van der Waals surface area contributed by atoms with Gasteiger partial charge in [-0.3, -0.25) is 9.20 Å². The number of benzene rings is 1. The summed E-state index contributed by atoms with van der Waals surface area (Å²) in [6, 6.07) is 10.7. The molecule has 2 fully saturated rings. The highest BCUT2D eigenvalue weighted by Gasteiger charge is 2.38. The Hall–Kier alpha value is -4.02. The average molecular weight is 514 g/mol. The van der Waals surface area contributed by atoms with Crippen LogP contribution in [0.5, 0.6) is 0 Å². The zero-order chi connectivity index (χ0) is 25.7. The second-order valence-electron chi connectivity index (χ2n) is 10.2. The summed E-state index contributed by atoms with van der Waals surface area (Å²) in [5.74, 6) is 0.186. The minimum atomic E-state index is -0.339. The van der Waals surface area contributed by atoms with Crippen LogP contribution >= 0.6 is 0 Å². The molecular formula is C28H28FN7O2. The molecule has 2 saturated heterocycles. The Morgan fingerprint density at radius 3 is 2.92 bits per heavy atom. The van der Waals surface area contributed by atoms with Gasteiger partial charge in [0.1, 0.15) is 17.3 Å². The highest BCUT2D eigenvalue weighted by atomic mass is 19.1. The molecule has 1 aromatic carbocycles. The molecular weight excluding hydrogens is 485 g/mol. The van der Waals surface area contributed by atoms with Gasteiger partial charge in [-0.1, -0.05) is 6.07 Å². The van der Waals surface area contributed by atoms with Crippen LogP contribution in [0.3, 0.4) is 0 Å². The molecule has 3 N–H and O–H groups in total. The van der Waals surface area contributed by atoms with Gasteiger partial charge in [0.25, 0.3) is 5.91 Å². The van der Waals surface area contributed by atoms with E-state index in [0.29, 0.717) is 29.3 Å². The maximum atomic E-state index is 13.7. The van der Waals surface area contributed by atoms with Crippen molar-refractivity contribution in [1.29, 1.82) is 0 Å². The molecule has 194 valence electrons. The number of anilines is 3. The number of imidazole rings is 1. The smallest absolute Gasteiger partial charge is 0.254 e. The average Bonchev–Trinajstić information content (AvgIpc) is 3.53. The van der Waals surface area contributed by atoms with Crippen LogP contribution in [0.2, 0.25) is 0 Å². The van der Waals surface area contributed by atoms with Crippen LogP contribution in [-0.4, -0.2) is 58.7 Å². The molecule has 38 heavy (non-hydrogen) atoms. The van der Waals surface area contributed by atoms with Gasteiger partial charge < -0.3 is 25.6 Å². The van der Waals surface area contributed by atoms with Crippen molar-refractivity contribution in [2.24, 2.45) is 0 Å². The zero-order valence-electron chi connectivity index (χ0n) is 20.8. The first-order valence-electron chi connectivity index (χ1n) is 13.0. The Bertz CT molecular complexity index is 1520. The standard InChI is InChI=1S/C28H28FN7O2/c29-18-6-10-36-23(15-32-25(36)12-18)20-3-4-22(26-21(20)14-33-27(26)37)34-24-5-2-19(13-31-24)35-9-1-7-28(17-35)16-30-8-11-38-28/h2-6,10,12-13,15,30H,1,7-9,11,14,16-17H2,(H,31,34)(H,33,37). The van der Waals surface area contributed by atoms with Crippen LogP contribution in [0.4, 0.5) is 21.6 Å². The largest absolute Gasteiger partial charge is 0.371 e. The first kappa shape index (κ1) is 23.1. The van der Waals surface area contributed by atoms with Gasteiger partial charge >= 0.3 is 0 Å². The van der Waals surface area contributed by atoms with E-state index in [0.717, 1.165) is 68.1 Å². The van der Waals surface area contributed by atoms with Crippen molar-refractivity contribution in [3.8, 4) is 11.3 Å². The van der Waals surface area contributed by atoms with E-state index in [1.807, 2.05) is 28.8 Å². The lowest BCUT2D eigenvalue weighted by atomic mass is 9.91. The minimum absolute atomic E-state index is 0.127. The molecule has 10 heteroatoms. The number of rotatable bonds is 4. The number of nitrogens with one attached hydrogen (secondary N) is 3. The van der Waals surface area contributed by atoms with Crippen molar-refractivity contribution in [2.75, 3.05) is 43.0 Å². The molecule has 0 radical (unpaired) electrons. The number of ether oxygens (including phenoxy) is 1. The lowest BCUT2D eigenvalue weighted by Gasteiger charge is -2.45. The summed E-state index contributed by atoms with van der Waals surface area (Å²) in [4.78, 5) is 24.2. The zero-order valence-corrected chi connectivity index (χ0v) is 20.8. The Morgan fingerprint density at radius 1 is 1.13 bits per heavy atom. The molecule has 3 aromatic heterocycles. The molecule has 1 amide bonds. The molecule has 0 bridgehead atoms. The number of halogens is 1. The van der Waals surface area contributed by atoms with E-state index in [2.05, 4.69) is 36.9 Å². The van der Waals surface area contributed by atoms with Crippen molar-refractivity contribution in [2.45, 2.75) is 25.0 Å². The minimum Gasteiger partial charge on any atom is -0.371 e. The van der Waals surface area contributed by atoms with E-state index in [1.165, 1.54) is 12.1 Å². The lowest BCUT2D eigenvalue weighted by molar-refractivity contribution is -0.0725. The van der Waals surface area contributed by atoms with Gasteiger partial charge in [0, 0.05) is 50.6 Å². The monoisotopic (exact) mass is 513 g/mol. The molecule has 0 saturated carbocycles. The highest BCUT2D eigenvalue weighted by Crippen LogP contribution is 2.36. The quantitative estimate of drug-likeness (QED) is 0.385. The van der Waals surface area contributed by atoms with Gasteiger partial charge in [-0.15, -0.1) is 0 Å². The third-order valence-corrected chi connectivity index (χ3v) is 7.77. The van der Waals surface area contributed by atoms with E-state index in [4.69, 9.17) is 4.74 Å². The lowest BCUT2D eigenvalue weighted by Crippen LogP contribution is -2.58. The number of fused-ring (bicyclic) bond motifs is 2. The van der Waals surface area contributed by atoms with E-state index in [1.54, 1.807) is 12.4 Å². The maximum Gasteiger partial charge on any atom is 0.254 e. The van der Waals surface area contributed by atoms with E-state index in [9.17, 15) is 9.18 Å². The summed E-state index contributed by atoms with van der Waals surface area (Å²) in [6.45, 7) is 4.77. The van der Waals surface area contributed by atoms with Crippen LogP contribution in [0.1, 0.15) is 28.8 Å². The number of carbonyl (C=O) groups excluding carboxylic acids is 1. The SMILES string of the molecule is O=C1NCc2c(-c3cnc4cc(F)ccn34)ccc(Nc3ccc(N4CCCC5(CNCCO5)C4)cn3)c21. The normalized spacial score (nSPS) is 21.1. The number of hydrogen-bond donors (Lipinski definition) is 3. The summed E-state index contributed by atoms with van der Waals surface area (Å²) in [5, 5.41) is 9.75. The molecule has 7 rings (SSSR count). The number of amides is 1. The van der Waals surface area contributed by atoms with Crippen molar-refractivity contribution in [3.63, 3.8) is 0 Å². The molecule has 0 aliphatic carbocycles. The van der Waals surface area contributed by atoms with Crippen molar-refractivity contribution in [1.82, 2.24) is 25.0 Å². The van der Waals surface area contributed by atoms with Crippen molar-refractivity contribution < 1.29 is 13.9 Å². The number of morpholine rings is 1. The van der Waals surface area contributed by atoms with Gasteiger partial charge in [0.2, 0.25) is 0 Å². The highest BCUT2D eigenvalue weighted by molar-refractivity contribution is 6.06. The summed E-state index contributed by atoms with van der Waals surface area (Å²) in [6.07, 6.45) is 7.39. The van der Waals surface area contributed by atoms with Gasteiger partial charge in [-0.05, 0) is 42.7 Å². The first-order valence-corrected chi connectivity index (χ1v) is 13.0.